The summed E-state index contributed by atoms with van der Waals surface area (Å²) in [6.07, 6.45) is 1.24. The van der Waals surface area contributed by atoms with Crippen molar-refractivity contribution in [1.82, 2.24) is 4.98 Å². The predicted molar refractivity (Wildman–Crippen MR) is 80.5 cm³/mol. The predicted octanol–water partition coefficient (Wildman–Crippen LogP) is 3.56. The molecule has 0 bridgehead atoms. The zero-order valence-corrected chi connectivity index (χ0v) is 11.9. The summed E-state index contributed by atoms with van der Waals surface area (Å²) in [6, 6.07) is 10.9. The maximum absolute atomic E-state index is 10.6. The molecule has 2 aromatic rings. The molecule has 1 aromatic heterocycles. The molecule has 2 rings (SSSR count). The molecule has 1 heterocycles. The smallest absolute Gasteiger partial charge is 0.287 e. The first-order valence-electron chi connectivity index (χ1n) is 6.70. The number of nitro groups is 1. The monoisotopic (exact) mass is 287 g/mol. The number of ether oxygens (including phenoxy) is 1. The molecule has 6 nitrogen and oxygen atoms in total. The van der Waals surface area contributed by atoms with E-state index in [1.807, 2.05) is 38.1 Å². The molecule has 1 atom stereocenters. The van der Waals surface area contributed by atoms with E-state index in [9.17, 15) is 10.1 Å². The van der Waals surface area contributed by atoms with Gasteiger partial charge in [-0.1, -0.05) is 12.1 Å². The van der Waals surface area contributed by atoms with Gasteiger partial charge in [-0.3, -0.25) is 10.1 Å². The molecule has 0 radical (unpaired) electrons. The molecule has 1 aromatic carbocycles. The van der Waals surface area contributed by atoms with Crippen LogP contribution in [0.1, 0.15) is 25.5 Å². The van der Waals surface area contributed by atoms with Crippen LogP contribution in [0.5, 0.6) is 5.75 Å². The van der Waals surface area contributed by atoms with Crippen molar-refractivity contribution in [2.75, 3.05) is 11.9 Å². The molecule has 0 saturated carbocycles. The summed E-state index contributed by atoms with van der Waals surface area (Å²) in [6.45, 7) is 4.58. The van der Waals surface area contributed by atoms with Crippen LogP contribution >= 0.6 is 0 Å². The molecular weight excluding hydrogens is 270 g/mol. The van der Waals surface area contributed by atoms with Gasteiger partial charge in [-0.15, -0.1) is 0 Å². The lowest BCUT2D eigenvalue weighted by atomic mass is 10.1. The van der Waals surface area contributed by atoms with Crippen LogP contribution in [0, 0.1) is 10.1 Å². The highest BCUT2D eigenvalue weighted by Gasteiger charge is 2.09. The van der Waals surface area contributed by atoms with Crippen LogP contribution in [-0.2, 0) is 0 Å². The van der Waals surface area contributed by atoms with E-state index >= 15 is 0 Å². The fraction of sp³-hybridized carbons (Fsp3) is 0.267. The zero-order valence-electron chi connectivity index (χ0n) is 11.9. The number of nitrogens with one attached hydrogen (secondary N) is 1. The van der Waals surface area contributed by atoms with E-state index in [1.54, 1.807) is 6.07 Å². The van der Waals surface area contributed by atoms with E-state index in [2.05, 4.69) is 10.3 Å². The Morgan fingerprint density at radius 2 is 2.00 bits per heavy atom. The van der Waals surface area contributed by atoms with Crippen molar-refractivity contribution in [1.29, 1.82) is 0 Å². The Hall–Kier alpha value is -2.63. The first kappa shape index (κ1) is 14.8. The van der Waals surface area contributed by atoms with Gasteiger partial charge in [0.15, 0.2) is 0 Å². The average Bonchev–Trinajstić information content (AvgIpc) is 2.49. The maximum Gasteiger partial charge on any atom is 0.287 e. The molecule has 0 aliphatic carbocycles. The SMILES string of the molecule is CCOc1ccc(C(C)Nc2ccc([N+](=O)[O-])cn2)cc1. The molecule has 0 fully saturated rings. The van der Waals surface area contributed by atoms with Crippen LogP contribution in [-0.4, -0.2) is 16.5 Å². The lowest BCUT2D eigenvalue weighted by Crippen LogP contribution is -2.08. The third-order valence-electron chi connectivity index (χ3n) is 3.01. The summed E-state index contributed by atoms with van der Waals surface area (Å²) in [4.78, 5) is 14.1. The number of pyridine rings is 1. The van der Waals surface area contributed by atoms with E-state index in [-0.39, 0.29) is 11.7 Å². The normalized spacial score (nSPS) is 11.7. The lowest BCUT2D eigenvalue weighted by Gasteiger charge is -2.15. The molecule has 0 saturated heterocycles. The number of hydrogen-bond donors (Lipinski definition) is 1. The van der Waals surface area contributed by atoms with Crippen molar-refractivity contribution >= 4 is 11.5 Å². The van der Waals surface area contributed by atoms with Crippen LogP contribution in [0.2, 0.25) is 0 Å². The molecule has 1 N–H and O–H groups in total. The molecule has 110 valence electrons. The minimum absolute atomic E-state index is 0.0192. The summed E-state index contributed by atoms with van der Waals surface area (Å²) < 4.78 is 5.40. The second-order valence-corrected chi connectivity index (χ2v) is 4.53. The fourth-order valence-electron chi connectivity index (χ4n) is 1.90. The van der Waals surface area contributed by atoms with Crippen molar-refractivity contribution < 1.29 is 9.66 Å². The molecule has 0 aliphatic heterocycles. The van der Waals surface area contributed by atoms with E-state index in [1.165, 1.54) is 12.3 Å². The Bertz CT molecular complexity index is 597. The number of hydrogen-bond acceptors (Lipinski definition) is 5. The Morgan fingerprint density at radius 1 is 1.29 bits per heavy atom. The molecule has 0 aliphatic rings. The Kier molecular flexibility index (Phi) is 4.71. The Labute approximate surface area is 122 Å². The van der Waals surface area contributed by atoms with E-state index in [0.717, 1.165) is 11.3 Å². The third kappa shape index (κ3) is 3.92. The van der Waals surface area contributed by atoms with Crippen LogP contribution in [0.15, 0.2) is 42.6 Å². The zero-order chi connectivity index (χ0) is 15.2. The standard InChI is InChI=1S/C15H17N3O3/c1-3-21-14-7-4-12(5-8-14)11(2)17-15-9-6-13(10-16-15)18(19)20/h4-11H,3H2,1-2H3,(H,16,17). The van der Waals surface area contributed by atoms with Crippen molar-refractivity contribution in [3.63, 3.8) is 0 Å². The van der Waals surface area contributed by atoms with Crippen LogP contribution in [0.3, 0.4) is 0 Å². The van der Waals surface area contributed by atoms with Gasteiger partial charge >= 0.3 is 0 Å². The summed E-state index contributed by atoms with van der Waals surface area (Å²) in [5.41, 5.74) is 1.06. The van der Waals surface area contributed by atoms with Crippen LogP contribution in [0.4, 0.5) is 11.5 Å². The summed E-state index contributed by atoms with van der Waals surface area (Å²) in [5, 5.41) is 13.8. The first-order valence-corrected chi connectivity index (χ1v) is 6.70. The molecule has 0 amide bonds. The van der Waals surface area contributed by atoms with Gasteiger partial charge in [-0.05, 0) is 37.6 Å². The lowest BCUT2D eigenvalue weighted by molar-refractivity contribution is -0.385. The summed E-state index contributed by atoms with van der Waals surface area (Å²) in [5.74, 6) is 1.43. The highest BCUT2D eigenvalue weighted by molar-refractivity contribution is 5.42. The Morgan fingerprint density at radius 3 is 2.52 bits per heavy atom. The third-order valence-corrected chi connectivity index (χ3v) is 3.01. The second kappa shape index (κ2) is 6.69. The van der Waals surface area contributed by atoms with Gasteiger partial charge in [0.05, 0.1) is 11.5 Å². The van der Waals surface area contributed by atoms with Gasteiger partial charge in [0.1, 0.15) is 17.8 Å². The van der Waals surface area contributed by atoms with Crippen molar-refractivity contribution in [2.24, 2.45) is 0 Å². The van der Waals surface area contributed by atoms with Gasteiger partial charge in [0.2, 0.25) is 0 Å². The van der Waals surface area contributed by atoms with Crippen LogP contribution < -0.4 is 10.1 Å². The van der Waals surface area contributed by atoms with E-state index in [0.29, 0.717) is 12.4 Å². The number of benzene rings is 1. The summed E-state index contributed by atoms with van der Waals surface area (Å²) in [7, 11) is 0. The number of aromatic nitrogens is 1. The van der Waals surface area contributed by atoms with Crippen LogP contribution in [0.25, 0.3) is 0 Å². The molecule has 0 spiro atoms. The fourth-order valence-corrected chi connectivity index (χ4v) is 1.90. The van der Waals surface area contributed by atoms with Gasteiger partial charge < -0.3 is 10.1 Å². The van der Waals surface area contributed by atoms with Crippen molar-refractivity contribution in [3.05, 3.63) is 58.3 Å². The van der Waals surface area contributed by atoms with Crippen molar-refractivity contribution in [3.8, 4) is 5.75 Å². The number of nitrogens with zero attached hydrogens (tertiary/aromatic N) is 2. The molecular formula is C15H17N3O3. The highest BCUT2D eigenvalue weighted by atomic mass is 16.6. The summed E-state index contributed by atoms with van der Waals surface area (Å²) >= 11 is 0. The topological polar surface area (TPSA) is 77.3 Å². The van der Waals surface area contributed by atoms with Gasteiger partial charge in [-0.2, -0.15) is 0 Å². The number of rotatable bonds is 6. The number of anilines is 1. The first-order chi connectivity index (χ1) is 10.1. The highest BCUT2D eigenvalue weighted by Crippen LogP contribution is 2.21. The van der Waals surface area contributed by atoms with Gasteiger partial charge in [0.25, 0.3) is 5.69 Å². The average molecular weight is 287 g/mol. The minimum Gasteiger partial charge on any atom is -0.494 e. The van der Waals surface area contributed by atoms with E-state index < -0.39 is 4.92 Å². The molecule has 1 unspecified atom stereocenters. The van der Waals surface area contributed by atoms with Crippen molar-refractivity contribution in [2.45, 2.75) is 19.9 Å². The van der Waals surface area contributed by atoms with E-state index in [4.69, 9.17) is 4.74 Å². The molecule has 21 heavy (non-hydrogen) atoms. The quantitative estimate of drug-likeness (QED) is 0.649. The van der Waals surface area contributed by atoms with Gasteiger partial charge in [-0.25, -0.2) is 4.98 Å². The largest absolute Gasteiger partial charge is 0.494 e. The maximum atomic E-state index is 10.6. The van der Waals surface area contributed by atoms with Gasteiger partial charge in [0, 0.05) is 12.1 Å². The Balaban J connectivity index is 2.03. The second-order valence-electron chi connectivity index (χ2n) is 4.53. The minimum atomic E-state index is -0.466. The molecule has 6 heteroatoms.